The largest absolute Gasteiger partial charge is 0.493 e. The van der Waals surface area contributed by atoms with Crippen LogP contribution in [-0.4, -0.2) is 51.6 Å². The molecule has 10 heteroatoms. The van der Waals surface area contributed by atoms with Crippen LogP contribution in [0.2, 0.25) is 0 Å². The second kappa shape index (κ2) is 15.4. The van der Waals surface area contributed by atoms with Gasteiger partial charge in [0.1, 0.15) is 23.0 Å². The van der Waals surface area contributed by atoms with Crippen molar-refractivity contribution in [2.75, 3.05) is 28.4 Å². The molecule has 0 amide bonds. The molecule has 2 heterocycles. The van der Waals surface area contributed by atoms with Gasteiger partial charge in [0.15, 0.2) is 46.1 Å². The van der Waals surface area contributed by atoms with E-state index >= 15 is 0 Å². The predicted octanol–water partition coefficient (Wildman–Crippen LogP) is 10.2. The minimum Gasteiger partial charge on any atom is -0.493 e. The second-order valence-corrected chi connectivity index (χ2v) is 20.4. The Kier molecular flexibility index (Phi) is 11.0. The fourth-order valence-corrected chi connectivity index (χ4v) is 10.1. The molecule has 0 N–H and O–H groups in total. The van der Waals surface area contributed by atoms with Gasteiger partial charge in [-0.1, -0.05) is 67.5 Å². The minimum absolute atomic E-state index is 0.0604. The van der Waals surface area contributed by atoms with Crippen LogP contribution in [-0.2, 0) is 28.7 Å². The summed E-state index contributed by atoms with van der Waals surface area (Å²) < 4.78 is 34.4. The van der Waals surface area contributed by atoms with Crippen molar-refractivity contribution < 1.29 is 47.6 Å². The zero-order valence-electron chi connectivity index (χ0n) is 37.4. The van der Waals surface area contributed by atoms with Gasteiger partial charge in [-0.2, -0.15) is 0 Å². The molecular weight excluding hydrogens is 761 g/mol. The van der Waals surface area contributed by atoms with Crippen LogP contribution in [0.5, 0.6) is 23.0 Å². The number of carbonyl (C=O) groups is 4. The molecule has 2 aromatic carbocycles. The maximum atomic E-state index is 13.3. The SMILES string of the molecule is COc1ccc(C2C3=C(CC(C)(C)CC3=O)OC3=C2C(=O)CC(C)(C)C3)cc1OC.COc1ccc(C2C3=C(CC(C)(C)CC3=O)OC3=C2C(=O)CC(C)(C)C3)cc1OC. The Morgan fingerprint density at radius 3 is 0.883 bits per heavy atom. The summed E-state index contributed by atoms with van der Waals surface area (Å²) in [6, 6.07) is 11.3. The highest BCUT2D eigenvalue weighted by Gasteiger charge is 2.50. The number of methoxy groups -OCH3 is 4. The Morgan fingerprint density at radius 2 is 0.650 bits per heavy atom. The highest BCUT2D eigenvalue weighted by molar-refractivity contribution is 6.07. The average Bonchev–Trinajstić information content (AvgIpc) is 3.13. The molecule has 4 aliphatic carbocycles. The van der Waals surface area contributed by atoms with E-state index in [9.17, 15) is 19.2 Å². The summed E-state index contributed by atoms with van der Waals surface area (Å²) in [4.78, 5) is 53.1. The van der Waals surface area contributed by atoms with E-state index in [1.165, 1.54) is 0 Å². The molecule has 0 atom stereocenters. The molecule has 0 aromatic heterocycles. The van der Waals surface area contributed by atoms with Gasteiger partial charge in [0.05, 0.1) is 28.4 Å². The lowest BCUT2D eigenvalue weighted by Gasteiger charge is -2.42. The third-order valence-electron chi connectivity index (χ3n) is 12.6. The molecule has 60 heavy (non-hydrogen) atoms. The molecule has 320 valence electrons. The van der Waals surface area contributed by atoms with Gasteiger partial charge in [0, 0.05) is 85.5 Å². The molecule has 2 aromatic rings. The van der Waals surface area contributed by atoms with E-state index in [1.54, 1.807) is 28.4 Å². The summed E-state index contributed by atoms with van der Waals surface area (Å²) in [6.07, 6.45) is 4.52. The van der Waals surface area contributed by atoms with Gasteiger partial charge in [0.25, 0.3) is 0 Å². The van der Waals surface area contributed by atoms with Crippen molar-refractivity contribution in [3.05, 3.63) is 92.9 Å². The smallest absolute Gasteiger partial charge is 0.163 e. The Morgan fingerprint density at radius 1 is 0.400 bits per heavy atom. The lowest BCUT2D eigenvalue weighted by Crippen LogP contribution is -2.37. The van der Waals surface area contributed by atoms with E-state index in [2.05, 4.69) is 55.4 Å². The van der Waals surface area contributed by atoms with Gasteiger partial charge in [-0.15, -0.1) is 0 Å². The number of Topliss-reactive ketones (excluding diaryl/α,β-unsaturated/α-hetero) is 4. The van der Waals surface area contributed by atoms with E-state index in [1.807, 2.05) is 36.4 Å². The van der Waals surface area contributed by atoms with Gasteiger partial charge in [-0.05, 0) is 57.1 Å². The molecular formula is C50H60O10. The maximum Gasteiger partial charge on any atom is 0.163 e. The van der Waals surface area contributed by atoms with Gasteiger partial charge in [0.2, 0.25) is 0 Å². The fraction of sp³-hybridized carbons (Fsp3) is 0.520. The van der Waals surface area contributed by atoms with E-state index in [0.717, 1.165) is 34.2 Å². The molecule has 2 aliphatic heterocycles. The summed E-state index contributed by atoms with van der Waals surface area (Å²) in [5, 5.41) is 0. The van der Waals surface area contributed by atoms with E-state index in [4.69, 9.17) is 28.4 Å². The Balaban J connectivity index is 0.000000181. The Labute approximate surface area is 354 Å². The molecule has 0 spiro atoms. The van der Waals surface area contributed by atoms with E-state index in [-0.39, 0.29) is 44.8 Å². The summed E-state index contributed by atoms with van der Waals surface area (Å²) in [7, 11) is 6.35. The van der Waals surface area contributed by atoms with E-state index in [0.29, 0.717) is 96.7 Å². The van der Waals surface area contributed by atoms with Gasteiger partial charge >= 0.3 is 0 Å². The quantitative estimate of drug-likeness (QED) is 0.278. The number of hydrogen-bond acceptors (Lipinski definition) is 10. The first-order valence-corrected chi connectivity index (χ1v) is 20.9. The number of benzene rings is 2. The Hall–Kier alpha value is -5.12. The number of ether oxygens (including phenoxy) is 6. The van der Waals surface area contributed by atoms with Crippen LogP contribution >= 0.6 is 0 Å². The zero-order valence-corrected chi connectivity index (χ0v) is 37.4. The number of hydrogen-bond donors (Lipinski definition) is 0. The van der Waals surface area contributed by atoms with Gasteiger partial charge in [-0.25, -0.2) is 0 Å². The number of allylic oxidation sites excluding steroid dienone is 8. The average molecular weight is 821 g/mol. The van der Waals surface area contributed by atoms with Crippen molar-refractivity contribution in [1.82, 2.24) is 0 Å². The van der Waals surface area contributed by atoms with Gasteiger partial charge in [-0.3, -0.25) is 19.2 Å². The first kappa shape index (κ1) is 43.0. The monoisotopic (exact) mass is 820 g/mol. The Bertz CT molecular complexity index is 2040. The van der Waals surface area contributed by atoms with Crippen LogP contribution < -0.4 is 18.9 Å². The number of ketones is 4. The predicted molar refractivity (Wildman–Crippen MR) is 227 cm³/mol. The van der Waals surface area contributed by atoms with Crippen molar-refractivity contribution >= 4 is 23.1 Å². The molecule has 8 rings (SSSR count). The maximum absolute atomic E-state index is 13.3. The summed E-state index contributed by atoms with van der Waals surface area (Å²) in [5.74, 6) is 4.68. The number of carbonyl (C=O) groups excluding carboxylic acids is 4. The van der Waals surface area contributed by atoms with Crippen molar-refractivity contribution in [3.8, 4) is 23.0 Å². The minimum atomic E-state index is -0.421. The van der Waals surface area contributed by atoms with Crippen LogP contribution in [0.25, 0.3) is 0 Å². The first-order valence-electron chi connectivity index (χ1n) is 20.9. The molecule has 0 fully saturated rings. The normalized spacial score (nSPS) is 23.0. The first-order chi connectivity index (χ1) is 28.1. The summed E-state index contributed by atoms with van der Waals surface area (Å²) >= 11 is 0. The van der Waals surface area contributed by atoms with Crippen molar-refractivity contribution in [1.29, 1.82) is 0 Å². The van der Waals surface area contributed by atoms with Crippen LogP contribution in [0.4, 0.5) is 0 Å². The zero-order chi connectivity index (χ0) is 43.7. The highest BCUT2D eigenvalue weighted by Crippen LogP contribution is 2.56. The number of rotatable bonds is 6. The molecule has 0 saturated carbocycles. The van der Waals surface area contributed by atoms with Crippen LogP contribution in [0.3, 0.4) is 0 Å². The van der Waals surface area contributed by atoms with Crippen LogP contribution in [0, 0.1) is 21.7 Å². The topological polar surface area (TPSA) is 124 Å². The molecule has 0 unspecified atom stereocenters. The standard InChI is InChI=1S/2C25H30O5/c2*1-24(2)10-15(26)22-19(12-24)30-20-13-25(3,4)11-16(27)23(20)21(22)14-7-8-17(28-5)18(9-14)29-6/h2*7-9,21H,10-13H2,1-6H3. The van der Waals surface area contributed by atoms with Crippen molar-refractivity contribution in [2.45, 2.75) is 119 Å². The highest BCUT2D eigenvalue weighted by atomic mass is 16.5. The summed E-state index contributed by atoms with van der Waals surface area (Å²) in [6.45, 7) is 16.7. The third-order valence-corrected chi connectivity index (χ3v) is 12.6. The van der Waals surface area contributed by atoms with Crippen molar-refractivity contribution in [2.24, 2.45) is 21.7 Å². The van der Waals surface area contributed by atoms with Crippen LogP contribution in [0.1, 0.15) is 130 Å². The lowest BCUT2D eigenvalue weighted by molar-refractivity contribution is -0.122. The fourth-order valence-electron chi connectivity index (χ4n) is 10.1. The summed E-state index contributed by atoms with van der Waals surface area (Å²) in [5.41, 5.74) is 3.60. The third kappa shape index (κ3) is 8.06. The second-order valence-electron chi connectivity index (χ2n) is 20.4. The molecule has 0 bridgehead atoms. The molecule has 6 aliphatic rings. The van der Waals surface area contributed by atoms with Crippen molar-refractivity contribution in [3.63, 3.8) is 0 Å². The van der Waals surface area contributed by atoms with E-state index < -0.39 is 11.8 Å². The van der Waals surface area contributed by atoms with Crippen LogP contribution in [0.15, 0.2) is 81.7 Å². The molecule has 10 nitrogen and oxygen atoms in total. The molecule has 0 radical (unpaired) electrons. The lowest BCUT2D eigenvalue weighted by atomic mass is 9.65. The molecule has 0 saturated heterocycles. The van der Waals surface area contributed by atoms with Gasteiger partial charge < -0.3 is 28.4 Å².